The minimum Gasteiger partial charge on any atom is -0.423 e. The quantitative estimate of drug-likeness (QED) is 0.644. The van der Waals surface area contributed by atoms with Gasteiger partial charge in [-0.1, -0.05) is 6.07 Å². The molecule has 0 aliphatic rings. The van der Waals surface area contributed by atoms with Crippen molar-refractivity contribution in [3.63, 3.8) is 0 Å². The normalized spacial score (nSPS) is 12.1. The van der Waals surface area contributed by atoms with Crippen LogP contribution in [0.15, 0.2) is 18.3 Å². The van der Waals surface area contributed by atoms with E-state index in [0.29, 0.717) is 0 Å². The van der Waals surface area contributed by atoms with Crippen molar-refractivity contribution in [1.29, 1.82) is 0 Å². The van der Waals surface area contributed by atoms with Crippen LogP contribution < -0.4 is 5.46 Å². The molecule has 0 aliphatic carbocycles. The second kappa shape index (κ2) is 3.46. The number of hydrogen-bond acceptors (Lipinski definition) is 4. The van der Waals surface area contributed by atoms with Crippen molar-refractivity contribution in [3.8, 4) is 0 Å². The Balaban J connectivity index is 2.54. The summed E-state index contributed by atoms with van der Waals surface area (Å²) in [5.74, 6) is -1.27. The first kappa shape index (κ1) is 10.9. The first-order chi connectivity index (χ1) is 7.38. The van der Waals surface area contributed by atoms with Gasteiger partial charge in [-0.3, -0.25) is 0 Å². The molecule has 0 atom stereocenters. The molecule has 0 fully saturated rings. The molecule has 0 spiro atoms. The van der Waals surface area contributed by atoms with E-state index in [2.05, 4.69) is 10.1 Å². The molecule has 2 heterocycles. The monoisotopic (exact) mass is 231 g/mol. The fourth-order valence-electron chi connectivity index (χ4n) is 1.17. The number of alkyl halides is 3. The number of nitrogens with zero attached hydrogens (tertiary/aromatic N) is 3. The Morgan fingerprint density at radius 2 is 1.94 bits per heavy atom. The zero-order chi connectivity index (χ0) is 11.9. The van der Waals surface area contributed by atoms with E-state index in [1.807, 2.05) is 0 Å². The first-order valence-corrected chi connectivity index (χ1v) is 4.17. The van der Waals surface area contributed by atoms with Crippen LogP contribution >= 0.6 is 0 Å². The van der Waals surface area contributed by atoms with Gasteiger partial charge in [0.15, 0.2) is 5.65 Å². The van der Waals surface area contributed by atoms with Gasteiger partial charge in [-0.05, 0) is 6.07 Å². The van der Waals surface area contributed by atoms with E-state index in [-0.39, 0.29) is 11.1 Å². The van der Waals surface area contributed by atoms with Gasteiger partial charge < -0.3 is 10.0 Å². The summed E-state index contributed by atoms with van der Waals surface area (Å²) < 4.78 is 37.6. The van der Waals surface area contributed by atoms with Crippen molar-refractivity contribution in [2.45, 2.75) is 6.18 Å². The highest BCUT2D eigenvalue weighted by Gasteiger charge is 2.36. The van der Waals surface area contributed by atoms with Crippen LogP contribution in [0, 0.1) is 0 Å². The van der Waals surface area contributed by atoms with Crippen molar-refractivity contribution in [2.24, 2.45) is 0 Å². The molecule has 0 unspecified atom stereocenters. The lowest BCUT2D eigenvalue weighted by atomic mass is 9.82. The molecule has 84 valence electrons. The fraction of sp³-hybridized carbons (Fsp3) is 0.143. The van der Waals surface area contributed by atoms with Gasteiger partial charge in [0.1, 0.15) is 0 Å². The predicted octanol–water partition coefficient (Wildman–Crippen LogP) is -0.572. The van der Waals surface area contributed by atoms with Gasteiger partial charge in [0.2, 0.25) is 0 Å². The van der Waals surface area contributed by atoms with Crippen LogP contribution in [-0.2, 0) is 6.18 Å². The molecule has 0 saturated carbocycles. The SMILES string of the molecule is OB(O)c1ccc2nc(C(F)(F)F)nn2c1. The van der Waals surface area contributed by atoms with Crippen LogP contribution in [0.2, 0.25) is 0 Å². The lowest BCUT2D eigenvalue weighted by Crippen LogP contribution is -2.30. The van der Waals surface area contributed by atoms with Crippen LogP contribution in [0.25, 0.3) is 5.65 Å². The Morgan fingerprint density at radius 3 is 2.50 bits per heavy atom. The maximum absolute atomic E-state index is 12.2. The summed E-state index contributed by atoms with van der Waals surface area (Å²) in [6.45, 7) is 0. The van der Waals surface area contributed by atoms with Crippen LogP contribution in [0.5, 0.6) is 0 Å². The van der Waals surface area contributed by atoms with E-state index >= 15 is 0 Å². The zero-order valence-electron chi connectivity index (χ0n) is 7.68. The Bertz CT molecular complexity index is 525. The van der Waals surface area contributed by atoms with Crippen molar-refractivity contribution in [1.82, 2.24) is 14.6 Å². The average Bonchev–Trinajstić information content (AvgIpc) is 2.58. The van der Waals surface area contributed by atoms with Crippen molar-refractivity contribution >= 4 is 18.2 Å². The summed E-state index contributed by atoms with van der Waals surface area (Å²) in [5.41, 5.74) is 0.0165. The number of fused-ring (bicyclic) bond motifs is 1. The minimum atomic E-state index is -4.62. The topological polar surface area (TPSA) is 70.7 Å². The summed E-state index contributed by atoms with van der Waals surface area (Å²) in [4.78, 5) is 3.25. The Kier molecular flexibility index (Phi) is 2.36. The molecular weight excluding hydrogens is 226 g/mol. The smallest absolute Gasteiger partial charge is 0.423 e. The van der Waals surface area contributed by atoms with E-state index in [9.17, 15) is 13.2 Å². The predicted molar refractivity (Wildman–Crippen MR) is 47.8 cm³/mol. The van der Waals surface area contributed by atoms with Crippen LogP contribution in [-0.4, -0.2) is 31.8 Å². The number of rotatable bonds is 1. The molecule has 0 radical (unpaired) electrons. The van der Waals surface area contributed by atoms with E-state index in [1.165, 1.54) is 12.1 Å². The Labute approximate surface area is 87.3 Å². The van der Waals surface area contributed by atoms with Crippen LogP contribution in [0.3, 0.4) is 0 Å². The lowest BCUT2D eigenvalue weighted by molar-refractivity contribution is -0.144. The summed E-state index contributed by atoms with van der Waals surface area (Å²) in [6, 6.07) is 2.48. The molecule has 0 amide bonds. The largest absolute Gasteiger partial charge is 0.490 e. The third-order valence-corrected chi connectivity index (χ3v) is 1.91. The van der Waals surface area contributed by atoms with Crippen molar-refractivity contribution in [3.05, 3.63) is 24.2 Å². The van der Waals surface area contributed by atoms with Crippen molar-refractivity contribution in [2.75, 3.05) is 0 Å². The highest BCUT2D eigenvalue weighted by Crippen LogP contribution is 2.26. The fourth-order valence-corrected chi connectivity index (χ4v) is 1.17. The molecule has 0 aliphatic heterocycles. The van der Waals surface area contributed by atoms with E-state index in [4.69, 9.17) is 10.0 Å². The third-order valence-electron chi connectivity index (χ3n) is 1.91. The number of halogens is 3. The molecule has 5 nitrogen and oxygen atoms in total. The molecule has 2 aromatic heterocycles. The second-order valence-electron chi connectivity index (χ2n) is 3.07. The highest BCUT2D eigenvalue weighted by atomic mass is 19.4. The third kappa shape index (κ3) is 1.86. The molecule has 0 bridgehead atoms. The lowest BCUT2D eigenvalue weighted by Gasteiger charge is -1.98. The summed E-state index contributed by atoms with van der Waals surface area (Å²) in [5, 5.41) is 20.8. The molecule has 0 aromatic carbocycles. The van der Waals surface area contributed by atoms with E-state index < -0.39 is 19.1 Å². The zero-order valence-corrected chi connectivity index (χ0v) is 7.68. The molecule has 16 heavy (non-hydrogen) atoms. The van der Waals surface area contributed by atoms with Crippen LogP contribution in [0.4, 0.5) is 13.2 Å². The number of hydrogen-bond donors (Lipinski definition) is 2. The maximum Gasteiger partial charge on any atom is 0.490 e. The molecule has 9 heteroatoms. The van der Waals surface area contributed by atoms with Gasteiger partial charge in [-0.15, -0.1) is 5.10 Å². The van der Waals surface area contributed by atoms with E-state index in [0.717, 1.165) is 10.7 Å². The van der Waals surface area contributed by atoms with E-state index in [1.54, 1.807) is 0 Å². The average molecular weight is 231 g/mol. The van der Waals surface area contributed by atoms with Gasteiger partial charge in [-0.25, -0.2) is 9.50 Å². The molecule has 2 N–H and O–H groups in total. The molecular formula is C7H5BF3N3O2. The first-order valence-electron chi connectivity index (χ1n) is 4.17. The Hall–Kier alpha value is -1.61. The molecule has 0 saturated heterocycles. The maximum atomic E-state index is 12.2. The van der Waals surface area contributed by atoms with Gasteiger partial charge in [0.25, 0.3) is 5.82 Å². The van der Waals surface area contributed by atoms with Gasteiger partial charge in [0, 0.05) is 11.7 Å². The minimum absolute atomic E-state index is 0.0169. The number of aromatic nitrogens is 3. The molecule has 2 aromatic rings. The molecule has 2 rings (SSSR count). The second-order valence-corrected chi connectivity index (χ2v) is 3.07. The standard InChI is InChI=1S/C7H5BF3N3O2/c9-7(10,11)6-12-5-2-1-4(8(15)16)3-14(5)13-6/h1-3,15-16H. The van der Waals surface area contributed by atoms with Crippen LogP contribution in [0.1, 0.15) is 5.82 Å². The summed E-state index contributed by atoms with van der Waals surface area (Å²) in [6.07, 6.45) is -3.55. The van der Waals surface area contributed by atoms with Gasteiger partial charge in [-0.2, -0.15) is 13.2 Å². The highest BCUT2D eigenvalue weighted by molar-refractivity contribution is 6.58. The summed E-state index contributed by atoms with van der Waals surface area (Å²) >= 11 is 0. The summed E-state index contributed by atoms with van der Waals surface area (Å²) in [7, 11) is -1.76. The van der Waals surface area contributed by atoms with Gasteiger partial charge in [0.05, 0.1) is 0 Å². The van der Waals surface area contributed by atoms with Crippen molar-refractivity contribution < 1.29 is 23.2 Å². The van der Waals surface area contributed by atoms with Gasteiger partial charge >= 0.3 is 13.3 Å². The number of pyridine rings is 1. The Morgan fingerprint density at radius 1 is 1.25 bits per heavy atom.